The summed E-state index contributed by atoms with van der Waals surface area (Å²) < 4.78 is 10.2. The van der Waals surface area contributed by atoms with E-state index in [4.69, 9.17) is 9.15 Å². The van der Waals surface area contributed by atoms with Crippen LogP contribution in [0.1, 0.15) is 31.0 Å². The van der Waals surface area contributed by atoms with Crippen LogP contribution in [0.15, 0.2) is 4.42 Å². The number of aryl methyl sites for hydroxylation is 1. The van der Waals surface area contributed by atoms with Gasteiger partial charge in [-0.3, -0.25) is 0 Å². The Morgan fingerprint density at radius 1 is 1.27 bits per heavy atom. The van der Waals surface area contributed by atoms with Gasteiger partial charge in [0.15, 0.2) is 0 Å². The zero-order chi connectivity index (χ0) is 10.9. The Hall–Kier alpha value is -0.940. The lowest BCUT2D eigenvalue weighted by Crippen LogP contribution is -2.15. The molecule has 0 unspecified atom stereocenters. The number of nitrogens with zero attached hydrogens (tertiary/aromatic N) is 2. The summed E-state index contributed by atoms with van der Waals surface area (Å²) >= 11 is 0. The average molecular weight is 213 g/mol. The summed E-state index contributed by atoms with van der Waals surface area (Å²) in [5.41, 5.74) is 0. The molecule has 0 aliphatic carbocycles. The van der Waals surface area contributed by atoms with Crippen LogP contribution in [-0.2, 0) is 11.3 Å². The highest BCUT2D eigenvalue weighted by molar-refractivity contribution is 4.77. The van der Waals surface area contributed by atoms with Crippen molar-refractivity contribution in [3.05, 3.63) is 11.8 Å². The smallest absolute Gasteiger partial charge is 0.230 e. The Morgan fingerprint density at radius 2 is 2.13 bits per heavy atom. The van der Waals surface area contributed by atoms with Crippen molar-refractivity contribution >= 4 is 0 Å². The number of hydrogen-bond acceptors (Lipinski definition) is 5. The number of aromatic nitrogens is 2. The van der Waals surface area contributed by atoms with Crippen LogP contribution in [0.2, 0.25) is 0 Å². The molecule has 5 heteroatoms. The van der Waals surface area contributed by atoms with Crippen molar-refractivity contribution in [1.29, 1.82) is 0 Å². The molecule has 1 aromatic heterocycles. The Balaban J connectivity index is 1.93. The van der Waals surface area contributed by atoms with Crippen LogP contribution >= 0.6 is 0 Å². The largest absolute Gasteiger partial charge is 0.424 e. The third-order valence-electron chi connectivity index (χ3n) is 2.05. The first-order valence-corrected chi connectivity index (χ1v) is 5.31. The second kappa shape index (κ2) is 7.36. The highest BCUT2D eigenvalue weighted by Crippen LogP contribution is 1.97. The second-order valence-corrected chi connectivity index (χ2v) is 3.45. The quantitative estimate of drug-likeness (QED) is 0.659. The van der Waals surface area contributed by atoms with Crippen LogP contribution < -0.4 is 5.32 Å². The van der Waals surface area contributed by atoms with Crippen molar-refractivity contribution in [2.45, 2.75) is 32.7 Å². The summed E-state index contributed by atoms with van der Waals surface area (Å²) in [4.78, 5) is 0. The number of ether oxygens (including phenoxy) is 1. The minimum absolute atomic E-state index is 0.617. The Labute approximate surface area is 90.2 Å². The van der Waals surface area contributed by atoms with E-state index in [0.717, 1.165) is 26.0 Å². The van der Waals surface area contributed by atoms with Gasteiger partial charge in [0, 0.05) is 20.6 Å². The molecule has 0 aromatic carbocycles. The van der Waals surface area contributed by atoms with Gasteiger partial charge in [-0.25, -0.2) is 0 Å². The highest BCUT2D eigenvalue weighted by atomic mass is 16.5. The maximum absolute atomic E-state index is 5.22. The fourth-order valence-electron chi connectivity index (χ4n) is 1.28. The molecule has 0 amide bonds. The predicted octanol–water partition coefficient (Wildman–Crippen LogP) is 1.28. The second-order valence-electron chi connectivity index (χ2n) is 3.45. The number of hydrogen-bond donors (Lipinski definition) is 1. The standard InChI is InChI=1S/C10H19N3O2/c1-9-12-13-10(15-9)8-11-6-4-3-5-7-14-2/h11H,3-8H2,1-2H3. The molecule has 0 radical (unpaired) electrons. The van der Waals surface area contributed by atoms with Gasteiger partial charge >= 0.3 is 0 Å². The maximum atomic E-state index is 5.22. The molecule has 0 spiro atoms. The normalized spacial score (nSPS) is 10.8. The summed E-state index contributed by atoms with van der Waals surface area (Å²) in [6.45, 7) is 4.28. The van der Waals surface area contributed by atoms with E-state index < -0.39 is 0 Å². The first-order valence-electron chi connectivity index (χ1n) is 5.31. The van der Waals surface area contributed by atoms with Gasteiger partial charge in [-0.05, 0) is 25.8 Å². The lowest BCUT2D eigenvalue weighted by Gasteiger charge is -2.01. The third kappa shape index (κ3) is 5.49. The van der Waals surface area contributed by atoms with E-state index in [-0.39, 0.29) is 0 Å². The zero-order valence-electron chi connectivity index (χ0n) is 9.45. The highest BCUT2D eigenvalue weighted by Gasteiger charge is 2.00. The molecule has 0 saturated heterocycles. The van der Waals surface area contributed by atoms with Crippen LogP contribution in [0.4, 0.5) is 0 Å². The lowest BCUT2D eigenvalue weighted by atomic mass is 10.2. The zero-order valence-corrected chi connectivity index (χ0v) is 9.45. The molecule has 0 fully saturated rings. The first-order chi connectivity index (χ1) is 7.33. The van der Waals surface area contributed by atoms with Crippen molar-refractivity contribution < 1.29 is 9.15 Å². The van der Waals surface area contributed by atoms with Gasteiger partial charge in [0.1, 0.15) is 0 Å². The predicted molar refractivity (Wildman–Crippen MR) is 56.5 cm³/mol. The Morgan fingerprint density at radius 3 is 2.80 bits per heavy atom. The van der Waals surface area contributed by atoms with Crippen LogP contribution in [0.3, 0.4) is 0 Å². The van der Waals surface area contributed by atoms with E-state index in [1.54, 1.807) is 14.0 Å². The summed E-state index contributed by atoms with van der Waals surface area (Å²) in [5.74, 6) is 1.27. The maximum Gasteiger partial charge on any atom is 0.230 e. The Bertz CT molecular complexity index is 263. The topological polar surface area (TPSA) is 60.2 Å². The van der Waals surface area contributed by atoms with Crippen molar-refractivity contribution in [3.8, 4) is 0 Å². The van der Waals surface area contributed by atoms with Gasteiger partial charge in [0.25, 0.3) is 0 Å². The summed E-state index contributed by atoms with van der Waals surface area (Å²) in [7, 11) is 1.73. The van der Waals surface area contributed by atoms with Crippen LogP contribution in [-0.4, -0.2) is 30.5 Å². The van der Waals surface area contributed by atoms with E-state index in [0.29, 0.717) is 18.3 Å². The van der Waals surface area contributed by atoms with E-state index in [1.807, 2.05) is 0 Å². The van der Waals surface area contributed by atoms with Crippen molar-refractivity contribution in [1.82, 2.24) is 15.5 Å². The number of rotatable bonds is 8. The molecule has 86 valence electrons. The summed E-state index contributed by atoms with van der Waals surface area (Å²) in [6.07, 6.45) is 3.46. The molecule has 1 heterocycles. The van der Waals surface area contributed by atoms with Crippen LogP contribution in [0.25, 0.3) is 0 Å². The number of unbranched alkanes of at least 4 members (excludes halogenated alkanes) is 2. The fraction of sp³-hybridized carbons (Fsp3) is 0.800. The molecular weight excluding hydrogens is 194 g/mol. The van der Waals surface area contributed by atoms with E-state index >= 15 is 0 Å². The minimum atomic E-state index is 0.617. The van der Waals surface area contributed by atoms with Gasteiger partial charge in [-0.1, -0.05) is 0 Å². The third-order valence-corrected chi connectivity index (χ3v) is 2.05. The molecule has 1 rings (SSSR count). The molecule has 0 atom stereocenters. The van der Waals surface area contributed by atoms with Gasteiger partial charge in [0.2, 0.25) is 11.8 Å². The van der Waals surface area contributed by atoms with Crippen LogP contribution in [0.5, 0.6) is 0 Å². The molecule has 0 bridgehead atoms. The fourth-order valence-corrected chi connectivity index (χ4v) is 1.28. The molecule has 0 aliphatic rings. The van der Waals surface area contributed by atoms with Gasteiger partial charge in [-0.2, -0.15) is 0 Å². The van der Waals surface area contributed by atoms with Crippen molar-refractivity contribution in [3.63, 3.8) is 0 Å². The first kappa shape index (κ1) is 12.1. The molecule has 1 N–H and O–H groups in total. The van der Waals surface area contributed by atoms with Crippen molar-refractivity contribution in [2.24, 2.45) is 0 Å². The minimum Gasteiger partial charge on any atom is -0.424 e. The summed E-state index contributed by atoms with van der Waals surface area (Å²) in [5, 5.41) is 10.9. The SMILES string of the molecule is COCCCCCNCc1nnc(C)o1. The number of methoxy groups -OCH3 is 1. The monoisotopic (exact) mass is 213 g/mol. The molecule has 5 nitrogen and oxygen atoms in total. The lowest BCUT2D eigenvalue weighted by molar-refractivity contribution is 0.192. The molecule has 15 heavy (non-hydrogen) atoms. The van der Waals surface area contributed by atoms with Crippen molar-refractivity contribution in [2.75, 3.05) is 20.3 Å². The Kier molecular flexibility index (Phi) is 5.96. The molecular formula is C10H19N3O2. The average Bonchev–Trinajstić information content (AvgIpc) is 2.63. The van der Waals surface area contributed by atoms with Crippen LogP contribution in [0, 0.1) is 6.92 Å². The molecule has 0 aliphatic heterocycles. The number of nitrogens with one attached hydrogen (secondary N) is 1. The molecule has 0 saturated carbocycles. The molecule has 1 aromatic rings. The summed E-state index contributed by atoms with van der Waals surface area (Å²) in [6, 6.07) is 0. The van der Waals surface area contributed by atoms with E-state index in [1.165, 1.54) is 6.42 Å². The van der Waals surface area contributed by atoms with Gasteiger partial charge < -0.3 is 14.5 Å². The van der Waals surface area contributed by atoms with E-state index in [9.17, 15) is 0 Å². The van der Waals surface area contributed by atoms with Gasteiger partial charge in [0.05, 0.1) is 6.54 Å². The van der Waals surface area contributed by atoms with Gasteiger partial charge in [-0.15, -0.1) is 10.2 Å². The van der Waals surface area contributed by atoms with E-state index in [2.05, 4.69) is 15.5 Å².